The molecule has 90 valence electrons. The molecule has 0 saturated carbocycles. The molecule has 0 saturated heterocycles. The maximum atomic E-state index is 11.5. The Bertz CT molecular complexity index is 479. The van der Waals surface area contributed by atoms with Crippen LogP contribution in [0.1, 0.15) is 18.2 Å². The molecule has 0 radical (unpaired) electrons. The highest BCUT2D eigenvalue weighted by Crippen LogP contribution is 2.04. The van der Waals surface area contributed by atoms with Gasteiger partial charge in [0.05, 0.1) is 6.20 Å². The number of carbonyl (C=O) groups is 1. The van der Waals surface area contributed by atoms with E-state index in [2.05, 4.69) is 14.9 Å². The van der Waals surface area contributed by atoms with E-state index in [1.54, 1.807) is 6.92 Å². The lowest BCUT2D eigenvalue weighted by Gasteiger charge is -2.09. The Morgan fingerprint density at radius 3 is 2.75 bits per heavy atom. The van der Waals surface area contributed by atoms with E-state index in [0.29, 0.717) is 5.56 Å². The summed E-state index contributed by atoms with van der Waals surface area (Å²) in [5.41, 5.74) is 1.42. The van der Waals surface area contributed by atoms with Gasteiger partial charge in [0.15, 0.2) is 5.25 Å². The molecule has 0 fully saturated rings. The second-order valence-electron chi connectivity index (χ2n) is 3.37. The summed E-state index contributed by atoms with van der Waals surface area (Å²) in [6.07, 6.45) is 1.49. The van der Waals surface area contributed by atoms with Gasteiger partial charge in [0.1, 0.15) is 0 Å². The van der Waals surface area contributed by atoms with E-state index in [4.69, 9.17) is 5.11 Å². The molecule has 1 aromatic heterocycles. The summed E-state index contributed by atoms with van der Waals surface area (Å²) in [6.45, 7) is 2.90. The number of sulfonamides is 1. The van der Waals surface area contributed by atoms with Crippen LogP contribution < -0.4 is 4.72 Å². The van der Waals surface area contributed by atoms with Gasteiger partial charge >= 0.3 is 5.97 Å². The van der Waals surface area contributed by atoms with E-state index in [0.717, 1.165) is 12.6 Å². The lowest BCUT2D eigenvalue weighted by molar-refractivity contribution is -0.136. The average molecular weight is 247 g/mol. The highest BCUT2D eigenvalue weighted by atomic mass is 32.2. The van der Waals surface area contributed by atoms with Crippen molar-refractivity contribution in [2.24, 2.45) is 0 Å². The van der Waals surface area contributed by atoms with E-state index in [-0.39, 0.29) is 6.54 Å². The highest BCUT2D eigenvalue weighted by Gasteiger charge is 2.27. The fourth-order valence-corrected chi connectivity index (χ4v) is 1.86. The molecule has 1 heterocycles. The quantitative estimate of drug-likeness (QED) is 0.656. The molecule has 0 bridgehead atoms. The predicted molar refractivity (Wildman–Crippen MR) is 56.2 cm³/mol. The van der Waals surface area contributed by atoms with Gasteiger partial charge in [0.25, 0.3) is 0 Å². The highest BCUT2D eigenvalue weighted by molar-refractivity contribution is 7.90. The van der Waals surface area contributed by atoms with Crippen molar-refractivity contribution < 1.29 is 18.3 Å². The van der Waals surface area contributed by atoms with Crippen molar-refractivity contribution in [2.45, 2.75) is 25.6 Å². The number of H-pyrrole nitrogens is 1. The van der Waals surface area contributed by atoms with Gasteiger partial charge in [0, 0.05) is 17.8 Å². The Morgan fingerprint density at radius 1 is 1.69 bits per heavy atom. The van der Waals surface area contributed by atoms with Gasteiger partial charge in [-0.25, -0.2) is 13.1 Å². The maximum absolute atomic E-state index is 11.5. The van der Waals surface area contributed by atoms with Gasteiger partial charge in [-0.15, -0.1) is 0 Å². The predicted octanol–water partition coefficient (Wildman–Crippen LogP) is -0.389. The Labute approximate surface area is 92.9 Å². The summed E-state index contributed by atoms with van der Waals surface area (Å²) >= 11 is 0. The SMILES string of the molecule is Cc1[nH]ncc1CNS(=O)(=O)C(C)C(=O)O. The number of aromatic nitrogens is 2. The zero-order valence-electron chi connectivity index (χ0n) is 8.89. The van der Waals surface area contributed by atoms with Crippen LogP contribution in [0.25, 0.3) is 0 Å². The van der Waals surface area contributed by atoms with Crippen LogP contribution in [0.4, 0.5) is 0 Å². The minimum Gasteiger partial charge on any atom is -0.480 e. The number of nitrogens with one attached hydrogen (secondary N) is 2. The van der Waals surface area contributed by atoms with E-state index >= 15 is 0 Å². The molecule has 1 atom stereocenters. The molecular weight excluding hydrogens is 234 g/mol. The van der Waals surface area contributed by atoms with Gasteiger partial charge in [-0.1, -0.05) is 0 Å². The molecule has 16 heavy (non-hydrogen) atoms. The smallest absolute Gasteiger partial charge is 0.323 e. The normalized spacial score (nSPS) is 13.6. The van der Waals surface area contributed by atoms with E-state index in [1.807, 2.05) is 0 Å². The van der Waals surface area contributed by atoms with Crippen molar-refractivity contribution in [1.29, 1.82) is 0 Å². The molecule has 8 heteroatoms. The summed E-state index contributed by atoms with van der Waals surface area (Å²) in [4.78, 5) is 10.5. The molecule has 0 aliphatic carbocycles. The molecule has 0 spiro atoms. The standard InChI is InChI=1S/C8H13N3O4S/c1-5-7(3-9-11-5)4-10-16(14,15)6(2)8(12)13/h3,6,10H,4H2,1-2H3,(H,9,11)(H,12,13). The number of hydrogen-bond acceptors (Lipinski definition) is 4. The molecule has 0 aliphatic rings. The molecule has 1 rings (SSSR count). The number of aromatic amines is 1. The van der Waals surface area contributed by atoms with Crippen LogP contribution in [0.2, 0.25) is 0 Å². The molecular formula is C8H13N3O4S. The molecule has 0 aromatic carbocycles. The number of carboxylic acids is 1. The Balaban J connectivity index is 2.69. The number of aliphatic carboxylic acids is 1. The van der Waals surface area contributed by atoms with Gasteiger partial charge in [-0.05, 0) is 13.8 Å². The maximum Gasteiger partial charge on any atom is 0.323 e. The van der Waals surface area contributed by atoms with Crippen molar-refractivity contribution in [2.75, 3.05) is 0 Å². The minimum atomic E-state index is -3.84. The second kappa shape index (κ2) is 4.62. The van der Waals surface area contributed by atoms with E-state index in [1.165, 1.54) is 6.20 Å². The van der Waals surface area contributed by atoms with Gasteiger partial charge in [-0.2, -0.15) is 5.10 Å². The van der Waals surface area contributed by atoms with Crippen molar-refractivity contribution >= 4 is 16.0 Å². The van der Waals surface area contributed by atoms with Crippen LogP contribution in [0.15, 0.2) is 6.20 Å². The first kappa shape index (κ1) is 12.7. The Morgan fingerprint density at radius 2 is 2.31 bits per heavy atom. The first-order valence-corrected chi connectivity index (χ1v) is 6.09. The number of rotatable bonds is 5. The van der Waals surface area contributed by atoms with Crippen molar-refractivity contribution in [3.05, 3.63) is 17.5 Å². The fourth-order valence-electron chi connectivity index (χ4n) is 0.990. The monoisotopic (exact) mass is 247 g/mol. The lowest BCUT2D eigenvalue weighted by Crippen LogP contribution is -2.37. The molecule has 7 nitrogen and oxygen atoms in total. The van der Waals surface area contributed by atoms with Gasteiger partial charge in [0.2, 0.25) is 10.0 Å². The second-order valence-corrected chi connectivity index (χ2v) is 5.45. The van der Waals surface area contributed by atoms with Crippen molar-refractivity contribution in [3.8, 4) is 0 Å². The summed E-state index contributed by atoms with van der Waals surface area (Å²) in [5.74, 6) is -1.38. The summed E-state index contributed by atoms with van der Waals surface area (Å²) in [6, 6.07) is 0. The third-order valence-corrected chi connectivity index (χ3v) is 3.89. The van der Waals surface area contributed by atoms with Crippen LogP contribution in [0.3, 0.4) is 0 Å². The molecule has 1 unspecified atom stereocenters. The van der Waals surface area contributed by atoms with Gasteiger partial charge < -0.3 is 5.11 Å². The minimum absolute atomic E-state index is 0.0300. The Hall–Kier alpha value is -1.41. The van der Waals surface area contributed by atoms with Gasteiger partial charge in [-0.3, -0.25) is 9.89 Å². The molecule has 0 aliphatic heterocycles. The Kier molecular flexibility index (Phi) is 3.66. The van der Waals surface area contributed by atoms with Crippen LogP contribution >= 0.6 is 0 Å². The average Bonchev–Trinajstić information content (AvgIpc) is 2.60. The topological polar surface area (TPSA) is 112 Å². The first-order valence-electron chi connectivity index (χ1n) is 4.54. The van der Waals surface area contributed by atoms with Crippen molar-refractivity contribution in [1.82, 2.24) is 14.9 Å². The summed E-state index contributed by atoms with van der Waals surface area (Å²) < 4.78 is 25.1. The third-order valence-electron chi connectivity index (χ3n) is 2.21. The molecule has 3 N–H and O–H groups in total. The molecule has 0 amide bonds. The van der Waals surface area contributed by atoms with Crippen LogP contribution in [-0.2, 0) is 21.4 Å². The van der Waals surface area contributed by atoms with E-state index in [9.17, 15) is 13.2 Å². The van der Waals surface area contributed by atoms with Crippen LogP contribution in [0.5, 0.6) is 0 Å². The number of nitrogens with zero attached hydrogens (tertiary/aromatic N) is 1. The zero-order chi connectivity index (χ0) is 12.3. The summed E-state index contributed by atoms with van der Waals surface area (Å²) in [5, 5.41) is 13.5. The van der Waals surface area contributed by atoms with E-state index < -0.39 is 21.2 Å². The first-order chi connectivity index (χ1) is 7.34. The number of aryl methyl sites for hydroxylation is 1. The lowest BCUT2D eigenvalue weighted by atomic mass is 10.3. The third kappa shape index (κ3) is 2.80. The summed E-state index contributed by atoms with van der Waals surface area (Å²) in [7, 11) is -3.84. The molecule has 1 aromatic rings. The van der Waals surface area contributed by atoms with Crippen molar-refractivity contribution in [3.63, 3.8) is 0 Å². The largest absolute Gasteiger partial charge is 0.480 e. The number of hydrogen-bond donors (Lipinski definition) is 3. The fraction of sp³-hybridized carbons (Fsp3) is 0.500. The zero-order valence-corrected chi connectivity index (χ0v) is 9.71. The van der Waals surface area contributed by atoms with Crippen LogP contribution in [0, 0.1) is 6.92 Å². The van der Waals surface area contributed by atoms with Crippen LogP contribution in [-0.4, -0.2) is 34.9 Å². The number of carboxylic acid groups (broad SMARTS) is 1.